The Kier molecular flexibility index (Phi) is 6.15. The molecule has 1 aromatic carbocycles. The second-order valence-corrected chi connectivity index (χ2v) is 7.57. The van der Waals surface area contributed by atoms with Crippen LogP contribution in [0.25, 0.3) is 5.82 Å². The van der Waals surface area contributed by atoms with Crippen LogP contribution in [0.5, 0.6) is 5.75 Å². The first-order chi connectivity index (χ1) is 15.4. The number of nitrogens with zero attached hydrogens (tertiary/aromatic N) is 5. The quantitative estimate of drug-likeness (QED) is 0.460. The van der Waals surface area contributed by atoms with E-state index < -0.39 is 0 Å². The molecule has 0 atom stereocenters. The molecule has 1 fully saturated rings. The summed E-state index contributed by atoms with van der Waals surface area (Å²) in [5, 5.41) is 19.8. The number of hydrogen-bond donors (Lipinski definition) is 3. The van der Waals surface area contributed by atoms with Gasteiger partial charge in [0.05, 0.1) is 25.1 Å². The van der Waals surface area contributed by atoms with Crippen molar-refractivity contribution in [2.24, 2.45) is 0 Å². The first kappa shape index (κ1) is 21.5. The minimum Gasteiger partial charge on any atom is -0.495 e. The number of carbonyl (C=O) groups is 1. The van der Waals surface area contributed by atoms with Gasteiger partial charge in [-0.2, -0.15) is 10.1 Å². The lowest BCUT2D eigenvalue weighted by molar-refractivity contribution is -0.111. The molecule has 0 bridgehead atoms. The van der Waals surface area contributed by atoms with E-state index in [1.807, 2.05) is 13.1 Å². The van der Waals surface area contributed by atoms with Crippen molar-refractivity contribution < 1.29 is 14.6 Å². The van der Waals surface area contributed by atoms with Crippen LogP contribution in [0.15, 0.2) is 49.4 Å². The van der Waals surface area contributed by atoms with Crippen molar-refractivity contribution >= 4 is 23.2 Å². The van der Waals surface area contributed by atoms with Crippen LogP contribution in [0, 0.1) is 6.92 Å². The number of methoxy groups -OCH3 is 1. The molecule has 10 nitrogen and oxygen atoms in total. The van der Waals surface area contributed by atoms with Crippen molar-refractivity contribution in [3.8, 4) is 11.6 Å². The lowest BCUT2D eigenvalue weighted by atomic mass is 10.1. The van der Waals surface area contributed by atoms with Gasteiger partial charge in [-0.15, -0.1) is 0 Å². The Morgan fingerprint density at radius 3 is 2.91 bits per heavy atom. The highest BCUT2D eigenvalue weighted by Gasteiger charge is 2.24. The highest BCUT2D eigenvalue weighted by Crippen LogP contribution is 2.30. The molecule has 3 heterocycles. The first-order valence-corrected chi connectivity index (χ1v) is 10.1. The number of aryl methyl sites for hydroxylation is 1. The molecule has 32 heavy (non-hydrogen) atoms. The lowest BCUT2D eigenvalue weighted by Crippen LogP contribution is -2.49. The SMILES string of the molecule is C=CC(=O)Nc1ccc(OC)c(Nc2ncc(C)c(-n3cc(CN4CC(O)C4)cn3)n2)c1. The van der Waals surface area contributed by atoms with Crippen LogP contribution < -0.4 is 15.4 Å². The number of amides is 1. The van der Waals surface area contributed by atoms with Crippen molar-refractivity contribution in [2.45, 2.75) is 19.6 Å². The Morgan fingerprint density at radius 2 is 2.19 bits per heavy atom. The molecule has 0 radical (unpaired) electrons. The van der Waals surface area contributed by atoms with Gasteiger partial charge < -0.3 is 20.5 Å². The number of benzene rings is 1. The van der Waals surface area contributed by atoms with Gasteiger partial charge in [0.25, 0.3) is 0 Å². The standard InChI is InChI=1S/C22H25N7O3/c1-4-20(31)25-16-5-6-19(32-3)18(7-16)26-22-23-8-14(2)21(27-22)29-11-15(9-24-29)10-28-12-17(30)13-28/h4-9,11,17,30H,1,10,12-13H2,2-3H3,(H,25,31)(H,23,26,27). The number of carbonyl (C=O) groups excluding carboxylic acids is 1. The third kappa shape index (κ3) is 4.76. The molecule has 0 spiro atoms. The Morgan fingerprint density at radius 1 is 1.38 bits per heavy atom. The molecule has 10 heteroatoms. The molecule has 0 aliphatic carbocycles. The maximum Gasteiger partial charge on any atom is 0.247 e. The number of ether oxygens (including phenoxy) is 1. The summed E-state index contributed by atoms with van der Waals surface area (Å²) in [5.41, 5.74) is 3.08. The highest BCUT2D eigenvalue weighted by atomic mass is 16.5. The summed E-state index contributed by atoms with van der Waals surface area (Å²) in [4.78, 5) is 22.8. The second-order valence-electron chi connectivity index (χ2n) is 7.57. The van der Waals surface area contributed by atoms with Gasteiger partial charge in [-0.3, -0.25) is 9.69 Å². The highest BCUT2D eigenvalue weighted by molar-refractivity contribution is 5.99. The van der Waals surface area contributed by atoms with Crippen molar-refractivity contribution in [1.82, 2.24) is 24.6 Å². The first-order valence-electron chi connectivity index (χ1n) is 10.1. The van der Waals surface area contributed by atoms with Gasteiger partial charge in [0.15, 0.2) is 5.82 Å². The summed E-state index contributed by atoms with van der Waals surface area (Å²) in [5.74, 6) is 1.27. The number of nitrogens with one attached hydrogen (secondary N) is 2. The zero-order valence-electron chi connectivity index (χ0n) is 17.9. The van der Waals surface area contributed by atoms with Gasteiger partial charge in [-0.1, -0.05) is 6.58 Å². The van der Waals surface area contributed by atoms with Crippen LogP contribution in [-0.2, 0) is 11.3 Å². The number of likely N-dealkylation sites (tertiary alicyclic amines) is 1. The molecule has 3 aromatic rings. The molecule has 4 rings (SSSR count). The monoisotopic (exact) mass is 435 g/mol. The maximum atomic E-state index is 11.6. The van der Waals surface area contributed by atoms with Gasteiger partial charge in [0.2, 0.25) is 11.9 Å². The van der Waals surface area contributed by atoms with Crippen LogP contribution in [0.4, 0.5) is 17.3 Å². The molecule has 3 N–H and O–H groups in total. The van der Waals surface area contributed by atoms with E-state index >= 15 is 0 Å². The second kappa shape index (κ2) is 9.16. The van der Waals surface area contributed by atoms with Gasteiger partial charge >= 0.3 is 0 Å². The molecule has 2 aromatic heterocycles. The van der Waals surface area contributed by atoms with Gasteiger partial charge in [0, 0.05) is 48.8 Å². The molecular formula is C22H25N7O3. The van der Waals surface area contributed by atoms with Crippen LogP contribution in [0.2, 0.25) is 0 Å². The maximum absolute atomic E-state index is 11.6. The number of hydrogen-bond acceptors (Lipinski definition) is 8. The summed E-state index contributed by atoms with van der Waals surface area (Å²) in [7, 11) is 1.56. The van der Waals surface area contributed by atoms with E-state index in [-0.39, 0.29) is 12.0 Å². The van der Waals surface area contributed by atoms with Crippen LogP contribution in [0.1, 0.15) is 11.1 Å². The van der Waals surface area contributed by atoms with Crippen molar-refractivity contribution in [3.63, 3.8) is 0 Å². The van der Waals surface area contributed by atoms with E-state index in [1.54, 1.807) is 42.4 Å². The minimum absolute atomic E-state index is 0.233. The fourth-order valence-corrected chi connectivity index (χ4v) is 3.41. The number of anilines is 3. The van der Waals surface area contributed by atoms with Gasteiger partial charge in [0.1, 0.15) is 5.75 Å². The smallest absolute Gasteiger partial charge is 0.247 e. The summed E-state index contributed by atoms with van der Waals surface area (Å²) < 4.78 is 7.13. The van der Waals surface area contributed by atoms with Gasteiger partial charge in [-0.05, 0) is 31.2 Å². The number of β-amino-alcohol motifs (C(OH)–C–C–N with tert-alkyl or cyclic N) is 1. The minimum atomic E-state index is -0.308. The van der Waals surface area contributed by atoms with E-state index in [9.17, 15) is 9.90 Å². The summed E-state index contributed by atoms with van der Waals surface area (Å²) in [6.45, 7) is 7.47. The fraction of sp³-hybridized carbons (Fsp3) is 0.273. The molecule has 0 unspecified atom stereocenters. The van der Waals surface area contributed by atoms with E-state index in [0.29, 0.717) is 42.0 Å². The predicted octanol–water partition coefficient (Wildman–Crippen LogP) is 2.02. The van der Waals surface area contributed by atoms with Crippen molar-refractivity contribution in [2.75, 3.05) is 30.8 Å². The molecule has 166 valence electrons. The number of rotatable bonds is 8. The van der Waals surface area contributed by atoms with Crippen molar-refractivity contribution in [1.29, 1.82) is 0 Å². The Labute approximate surface area is 185 Å². The van der Waals surface area contributed by atoms with E-state index in [0.717, 1.165) is 17.7 Å². The molecule has 1 aliphatic rings. The summed E-state index contributed by atoms with van der Waals surface area (Å²) in [6, 6.07) is 5.20. The van der Waals surface area contributed by atoms with Crippen LogP contribution in [-0.4, -0.2) is 62.0 Å². The molecule has 1 saturated heterocycles. The van der Waals surface area contributed by atoms with E-state index in [1.165, 1.54) is 6.08 Å². The third-order valence-electron chi connectivity index (χ3n) is 5.04. The topological polar surface area (TPSA) is 117 Å². The molecule has 0 saturated carbocycles. The zero-order chi connectivity index (χ0) is 22.7. The number of aromatic nitrogens is 4. The van der Waals surface area contributed by atoms with E-state index in [2.05, 4.69) is 37.2 Å². The third-order valence-corrected chi connectivity index (χ3v) is 5.04. The Balaban J connectivity index is 1.55. The van der Waals surface area contributed by atoms with Crippen LogP contribution >= 0.6 is 0 Å². The Bertz CT molecular complexity index is 1140. The predicted molar refractivity (Wildman–Crippen MR) is 120 cm³/mol. The van der Waals surface area contributed by atoms with E-state index in [4.69, 9.17) is 4.74 Å². The zero-order valence-corrected chi connectivity index (χ0v) is 17.9. The van der Waals surface area contributed by atoms with Crippen molar-refractivity contribution in [3.05, 3.63) is 60.6 Å². The average Bonchev–Trinajstić information content (AvgIpc) is 3.22. The fourth-order valence-electron chi connectivity index (χ4n) is 3.41. The normalized spacial score (nSPS) is 14.0. The van der Waals surface area contributed by atoms with Gasteiger partial charge in [-0.25, -0.2) is 9.67 Å². The summed E-state index contributed by atoms with van der Waals surface area (Å²) >= 11 is 0. The lowest BCUT2D eigenvalue weighted by Gasteiger charge is -2.35. The Hall–Kier alpha value is -3.76. The molecule has 1 amide bonds. The molecular weight excluding hydrogens is 410 g/mol. The number of aliphatic hydroxyl groups is 1. The summed E-state index contributed by atoms with van der Waals surface area (Å²) in [6.07, 6.45) is 6.41. The number of aliphatic hydroxyl groups excluding tert-OH is 1. The average molecular weight is 435 g/mol. The van der Waals surface area contributed by atoms with Crippen LogP contribution in [0.3, 0.4) is 0 Å². The molecule has 1 aliphatic heterocycles. The largest absolute Gasteiger partial charge is 0.495 e.